The van der Waals surface area contributed by atoms with Crippen molar-refractivity contribution >= 4 is 28.2 Å². The van der Waals surface area contributed by atoms with Crippen molar-refractivity contribution in [3.05, 3.63) is 101 Å². The first kappa shape index (κ1) is 28.2. The lowest BCUT2D eigenvalue weighted by atomic mass is 10.0. The molecule has 40 heavy (non-hydrogen) atoms. The maximum Gasteiger partial charge on any atom is 0.416 e. The number of rotatable bonds is 10. The second kappa shape index (κ2) is 12.4. The molecule has 0 aliphatic heterocycles. The molecule has 4 aromatic rings. The SMILES string of the molecule is CO/C=C(/C(=O)OC)c1ccccc1CO/N=C(/C)c1noc2cc(OCc3ccccc3C(F)(F)F)ccc12. The number of carbonyl (C=O) groups excluding carboxylic acids is 1. The third-order valence-electron chi connectivity index (χ3n) is 5.87. The van der Waals surface area contributed by atoms with Crippen molar-refractivity contribution in [2.24, 2.45) is 5.16 Å². The average molecular weight is 555 g/mol. The molecule has 0 atom stereocenters. The minimum atomic E-state index is -4.48. The van der Waals surface area contributed by atoms with Gasteiger partial charge in [0.1, 0.15) is 35.9 Å². The van der Waals surface area contributed by atoms with E-state index in [0.717, 1.165) is 6.07 Å². The molecule has 4 rings (SSSR count). The topological polar surface area (TPSA) is 92.4 Å². The van der Waals surface area contributed by atoms with Crippen LogP contribution in [0.2, 0.25) is 0 Å². The number of alkyl halides is 3. The van der Waals surface area contributed by atoms with Crippen molar-refractivity contribution in [2.75, 3.05) is 14.2 Å². The van der Waals surface area contributed by atoms with Gasteiger partial charge in [-0.05, 0) is 30.7 Å². The van der Waals surface area contributed by atoms with E-state index < -0.39 is 17.7 Å². The van der Waals surface area contributed by atoms with E-state index >= 15 is 0 Å². The van der Waals surface area contributed by atoms with Crippen LogP contribution in [0.25, 0.3) is 16.5 Å². The van der Waals surface area contributed by atoms with E-state index in [0.29, 0.717) is 39.3 Å². The Bertz CT molecular complexity index is 1560. The molecule has 0 radical (unpaired) electrons. The van der Waals surface area contributed by atoms with Gasteiger partial charge in [0.05, 0.1) is 31.4 Å². The highest BCUT2D eigenvalue weighted by Gasteiger charge is 2.33. The molecule has 0 aliphatic carbocycles. The van der Waals surface area contributed by atoms with Crippen LogP contribution in [0.1, 0.15) is 34.9 Å². The first-order valence-corrected chi connectivity index (χ1v) is 12.0. The number of hydrogen-bond donors (Lipinski definition) is 0. The molecule has 1 heterocycles. The summed E-state index contributed by atoms with van der Waals surface area (Å²) in [6.07, 6.45) is -3.18. The highest BCUT2D eigenvalue weighted by atomic mass is 19.4. The number of hydrogen-bond acceptors (Lipinski definition) is 8. The number of halogens is 3. The number of ether oxygens (including phenoxy) is 3. The van der Waals surface area contributed by atoms with E-state index in [1.807, 2.05) is 0 Å². The summed E-state index contributed by atoms with van der Waals surface area (Å²) in [7, 11) is 2.71. The zero-order chi connectivity index (χ0) is 28.7. The number of nitrogens with zero attached hydrogens (tertiary/aromatic N) is 2. The van der Waals surface area contributed by atoms with Gasteiger partial charge in [0, 0.05) is 17.2 Å². The second-order valence-electron chi connectivity index (χ2n) is 8.50. The quantitative estimate of drug-likeness (QED) is 0.0724. The number of benzene rings is 3. The van der Waals surface area contributed by atoms with E-state index in [1.165, 1.54) is 38.7 Å². The standard InChI is InChI=1S/C29H25F3N2O6/c1-18(33-39-16-19-8-4-6-10-22(19)24(17-36-2)28(35)37-3)27-23-13-12-21(14-26(23)40-34-27)38-15-20-9-5-7-11-25(20)29(30,31)32/h4-14,17H,15-16H2,1-3H3/b24-17+,33-18-. The van der Waals surface area contributed by atoms with Crippen LogP contribution in [0, 0.1) is 0 Å². The highest BCUT2D eigenvalue weighted by Crippen LogP contribution is 2.33. The Morgan fingerprint density at radius 1 is 1.00 bits per heavy atom. The molecule has 0 amide bonds. The van der Waals surface area contributed by atoms with Crippen molar-refractivity contribution in [2.45, 2.75) is 26.3 Å². The highest BCUT2D eigenvalue weighted by molar-refractivity contribution is 6.16. The van der Waals surface area contributed by atoms with E-state index in [1.54, 1.807) is 49.4 Å². The smallest absolute Gasteiger partial charge is 0.416 e. The Morgan fingerprint density at radius 2 is 1.73 bits per heavy atom. The number of methoxy groups -OCH3 is 2. The lowest BCUT2D eigenvalue weighted by molar-refractivity contribution is -0.138. The van der Waals surface area contributed by atoms with Crippen LogP contribution in [0.5, 0.6) is 5.75 Å². The first-order valence-electron chi connectivity index (χ1n) is 12.0. The Labute approximate surface area is 227 Å². The summed E-state index contributed by atoms with van der Waals surface area (Å²) in [5.74, 6) is -0.240. The molecule has 0 bridgehead atoms. The predicted molar refractivity (Wildman–Crippen MR) is 140 cm³/mol. The number of fused-ring (bicyclic) bond motifs is 1. The van der Waals surface area contributed by atoms with Gasteiger partial charge in [-0.2, -0.15) is 13.2 Å². The maximum atomic E-state index is 13.3. The van der Waals surface area contributed by atoms with Crippen LogP contribution < -0.4 is 4.74 Å². The van der Waals surface area contributed by atoms with Crippen LogP contribution in [0.15, 0.2) is 82.7 Å². The number of oxime groups is 1. The molecule has 0 N–H and O–H groups in total. The molecule has 0 saturated heterocycles. The summed E-state index contributed by atoms with van der Waals surface area (Å²) < 4.78 is 60.6. The molecule has 0 unspecified atom stereocenters. The largest absolute Gasteiger partial charge is 0.503 e. The van der Waals surface area contributed by atoms with Gasteiger partial charge >= 0.3 is 12.1 Å². The third-order valence-corrected chi connectivity index (χ3v) is 5.87. The van der Waals surface area contributed by atoms with Crippen molar-refractivity contribution in [3.8, 4) is 5.75 Å². The lowest BCUT2D eigenvalue weighted by Gasteiger charge is -2.13. The van der Waals surface area contributed by atoms with Crippen LogP contribution in [-0.2, 0) is 38.5 Å². The number of esters is 1. The molecular weight excluding hydrogens is 529 g/mol. The molecule has 8 nitrogen and oxygen atoms in total. The zero-order valence-corrected chi connectivity index (χ0v) is 21.8. The van der Waals surface area contributed by atoms with Gasteiger partial charge in [-0.25, -0.2) is 4.79 Å². The Kier molecular flexibility index (Phi) is 8.73. The van der Waals surface area contributed by atoms with E-state index in [4.69, 9.17) is 23.6 Å². The summed E-state index contributed by atoms with van der Waals surface area (Å²) in [4.78, 5) is 17.8. The molecule has 0 saturated carbocycles. The Balaban J connectivity index is 1.47. The summed E-state index contributed by atoms with van der Waals surface area (Å²) in [6.45, 7) is 1.46. The van der Waals surface area contributed by atoms with Crippen LogP contribution >= 0.6 is 0 Å². The molecular formula is C29H25F3N2O6. The number of aromatic nitrogens is 1. The second-order valence-corrected chi connectivity index (χ2v) is 8.50. The third kappa shape index (κ3) is 6.42. The Morgan fingerprint density at radius 3 is 2.45 bits per heavy atom. The molecule has 11 heteroatoms. The van der Waals surface area contributed by atoms with E-state index in [2.05, 4.69) is 10.3 Å². The summed E-state index contributed by atoms with van der Waals surface area (Å²) in [6, 6.07) is 17.2. The average Bonchev–Trinajstić information content (AvgIpc) is 3.38. The van der Waals surface area contributed by atoms with Crippen LogP contribution in [0.3, 0.4) is 0 Å². The molecule has 0 aliphatic rings. The van der Waals surface area contributed by atoms with Gasteiger partial charge in [-0.15, -0.1) is 0 Å². The van der Waals surface area contributed by atoms with E-state index in [-0.39, 0.29) is 24.4 Å². The first-order chi connectivity index (χ1) is 19.2. The van der Waals surface area contributed by atoms with E-state index in [9.17, 15) is 18.0 Å². The summed E-state index contributed by atoms with van der Waals surface area (Å²) in [5.41, 5.74) is 1.95. The van der Waals surface area contributed by atoms with Gasteiger partial charge < -0.3 is 23.6 Å². The van der Waals surface area contributed by atoms with Gasteiger partial charge in [-0.1, -0.05) is 52.8 Å². The zero-order valence-electron chi connectivity index (χ0n) is 21.8. The number of carbonyl (C=O) groups is 1. The fourth-order valence-corrected chi connectivity index (χ4v) is 3.95. The summed E-state index contributed by atoms with van der Waals surface area (Å²) >= 11 is 0. The van der Waals surface area contributed by atoms with Gasteiger partial charge in [0.25, 0.3) is 0 Å². The van der Waals surface area contributed by atoms with Crippen LogP contribution in [0.4, 0.5) is 13.2 Å². The minimum Gasteiger partial charge on any atom is -0.503 e. The predicted octanol–water partition coefficient (Wildman–Crippen LogP) is 6.53. The molecule has 208 valence electrons. The summed E-state index contributed by atoms with van der Waals surface area (Å²) in [5, 5.41) is 8.81. The fourth-order valence-electron chi connectivity index (χ4n) is 3.95. The molecule has 0 spiro atoms. The molecule has 3 aromatic carbocycles. The monoisotopic (exact) mass is 554 g/mol. The maximum absolute atomic E-state index is 13.3. The van der Waals surface area contributed by atoms with Crippen LogP contribution in [-0.4, -0.2) is 31.1 Å². The minimum absolute atomic E-state index is 0.0199. The van der Waals surface area contributed by atoms with Crippen molar-refractivity contribution in [3.63, 3.8) is 0 Å². The lowest BCUT2D eigenvalue weighted by Crippen LogP contribution is -2.10. The normalized spacial score (nSPS) is 12.3. The molecule has 0 fully saturated rings. The van der Waals surface area contributed by atoms with Gasteiger partial charge in [-0.3, -0.25) is 0 Å². The fraction of sp³-hybridized carbons (Fsp3) is 0.207. The van der Waals surface area contributed by atoms with Gasteiger partial charge in [0.2, 0.25) is 0 Å². The van der Waals surface area contributed by atoms with Crippen molar-refractivity contribution < 1.29 is 41.5 Å². The van der Waals surface area contributed by atoms with Crippen molar-refractivity contribution in [1.29, 1.82) is 0 Å². The van der Waals surface area contributed by atoms with Gasteiger partial charge in [0.15, 0.2) is 5.58 Å². The molecule has 1 aromatic heterocycles. The Hall–Kier alpha value is -4.80. The van der Waals surface area contributed by atoms with Crippen molar-refractivity contribution in [1.82, 2.24) is 5.16 Å².